The van der Waals surface area contributed by atoms with E-state index in [0.717, 1.165) is 0 Å². The van der Waals surface area contributed by atoms with Crippen molar-refractivity contribution in [1.29, 1.82) is 0 Å². The molecule has 1 aromatic carbocycles. The van der Waals surface area contributed by atoms with Crippen molar-refractivity contribution >= 4 is 18.5 Å². The van der Waals surface area contributed by atoms with Crippen LogP contribution in [0, 0.1) is 0 Å². The van der Waals surface area contributed by atoms with Crippen molar-refractivity contribution in [1.82, 2.24) is 5.32 Å². The minimum Gasteiger partial charge on any atom is -0.490 e. The maximum absolute atomic E-state index is 13.1. The molecule has 1 saturated carbocycles. The number of amides is 1. The van der Waals surface area contributed by atoms with Crippen LogP contribution in [-0.4, -0.2) is 56.5 Å². The number of carbonyl (C=O) groups excluding carboxylic acids is 1. The van der Waals surface area contributed by atoms with Crippen LogP contribution in [0.25, 0.3) is 0 Å². The second-order valence-corrected chi connectivity index (χ2v) is 8.62. The van der Waals surface area contributed by atoms with Gasteiger partial charge in [-0.1, -0.05) is 6.07 Å². The van der Waals surface area contributed by atoms with Crippen molar-refractivity contribution in [2.45, 2.75) is 63.7 Å². The molecule has 0 bridgehead atoms. The van der Waals surface area contributed by atoms with Crippen LogP contribution in [0.2, 0.25) is 0 Å². The number of hydrogen-bond donors (Lipinski definition) is 1. The van der Waals surface area contributed by atoms with Crippen LogP contribution in [0.5, 0.6) is 5.75 Å². The summed E-state index contributed by atoms with van der Waals surface area (Å²) in [6, 6.07) is 4.53. The standard InChI is InChI=1S/C20H28BF2NO5/c1-18(2)19(3,4)29-21(28-18)13-6-7-16(27-9-8-26-5)15(10-13)17(25)24-14-11-20(22,23)12-14/h6-7,10,14H,8-9,11-12H2,1-5H3,(H,24,25). The quantitative estimate of drug-likeness (QED) is 0.552. The summed E-state index contributed by atoms with van der Waals surface area (Å²) in [4.78, 5) is 12.8. The van der Waals surface area contributed by atoms with Crippen LogP contribution in [0.15, 0.2) is 18.2 Å². The molecule has 160 valence electrons. The lowest BCUT2D eigenvalue weighted by Crippen LogP contribution is -2.50. The Morgan fingerprint density at radius 1 is 1.17 bits per heavy atom. The van der Waals surface area contributed by atoms with E-state index < -0.39 is 36.2 Å². The van der Waals surface area contributed by atoms with E-state index in [1.165, 1.54) is 0 Å². The molecule has 0 atom stereocenters. The van der Waals surface area contributed by atoms with Gasteiger partial charge < -0.3 is 24.1 Å². The van der Waals surface area contributed by atoms with Crippen LogP contribution >= 0.6 is 0 Å². The van der Waals surface area contributed by atoms with E-state index in [9.17, 15) is 13.6 Å². The van der Waals surface area contributed by atoms with Crippen LogP contribution in [-0.2, 0) is 14.0 Å². The van der Waals surface area contributed by atoms with Crippen molar-refractivity contribution in [3.05, 3.63) is 23.8 Å². The Balaban J connectivity index is 1.81. The molecule has 0 aromatic heterocycles. The third-order valence-corrected chi connectivity index (χ3v) is 5.74. The lowest BCUT2D eigenvalue weighted by Gasteiger charge is -2.35. The van der Waals surface area contributed by atoms with Gasteiger partial charge in [0.15, 0.2) is 0 Å². The highest BCUT2D eigenvalue weighted by atomic mass is 19.3. The first-order valence-corrected chi connectivity index (χ1v) is 9.74. The molecule has 1 amide bonds. The van der Waals surface area contributed by atoms with E-state index >= 15 is 0 Å². The average Bonchev–Trinajstić information content (AvgIpc) is 2.81. The second kappa shape index (κ2) is 7.85. The number of halogens is 2. The van der Waals surface area contributed by atoms with E-state index in [2.05, 4.69) is 5.32 Å². The molecular weight excluding hydrogens is 383 g/mol. The van der Waals surface area contributed by atoms with Crippen molar-refractivity contribution < 1.29 is 32.4 Å². The summed E-state index contributed by atoms with van der Waals surface area (Å²) in [5.41, 5.74) is -0.133. The number of ether oxygens (including phenoxy) is 2. The zero-order chi connectivity index (χ0) is 21.4. The van der Waals surface area contributed by atoms with Gasteiger partial charge in [0.2, 0.25) is 0 Å². The van der Waals surface area contributed by atoms with E-state index in [1.807, 2.05) is 27.7 Å². The SMILES string of the molecule is COCCOc1ccc(B2OC(C)(C)C(C)(C)O2)cc1C(=O)NC1CC(F)(F)C1. The smallest absolute Gasteiger partial charge is 0.490 e. The molecule has 3 rings (SSSR count). The van der Waals surface area contributed by atoms with E-state index in [0.29, 0.717) is 17.8 Å². The Morgan fingerprint density at radius 2 is 1.79 bits per heavy atom. The minimum absolute atomic E-state index is 0.253. The molecule has 29 heavy (non-hydrogen) atoms. The fourth-order valence-electron chi connectivity index (χ4n) is 3.24. The third kappa shape index (κ3) is 4.73. The highest BCUT2D eigenvalue weighted by molar-refractivity contribution is 6.62. The van der Waals surface area contributed by atoms with Crippen molar-refractivity contribution in [3.63, 3.8) is 0 Å². The summed E-state index contributed by atoms with van der Waals surface area (Å²) >= 11 is 0. The zero-order valence-corrected chi connectivity index (χ0v) is 17.5. The van der Waals surface area contributed by atoms with Crippen molar-refractivity contribution in [3.8, 4) is 5.75 Å². The van der Waals surface area contributed by atoms with Gasteiger partial charge in [-0.3, -0.25) is 4.79 Å². The van der Waals surface area contributed by atoms with E-state index in [1.54, 1.807) is 25.3 Å². The monoisotopic (exact) mass is 411 g/mol. The number of rotatable bonds is 7. The molecular formula is C20H28BF2NO5. The molecule has 2 aliphatic rings. The molecule has 6 nitrogen and oxygen atoms in total. The molecule has 1 saturated heterocycles. The number of hydrogen-bond acceptors (Lipinski definition) is 5. The van der Waals surface area contributed by atoms with Crippen LogP contribution in [0.3, 0.4) is 0 Å². The first-order valence-electron chi connectivity index (χ1n) is 9.74. The molecule has 0 radical (unpaired) electrons. The van der Waals surface area contributed by atoms with Gasteiger partial charge >= 0.3 is 7.12 Å². The van der Waals surface area contributed by atoms with Gasteiger partial charge in [0.25, 0.3) is 11.8 Å². The Hall–Kier alpha value is -1.71. The predicted molar refractivity (Wildman–Crippen MR) is 105 cm³/mol. The highest BCUT2D eigenvalue weighted by Gasteiger charge is 2.52. The molecule has 1 aliphatic carbocycles. The molecule has 1 heterocycles. The van der Waals surface area contributed by atoms with Crippen molar-refractivity contribution in [2.75, 3.05) is 20.3 Å². The van der Waals surface area contributed by atoms with Crippen LogP contribution < -0.4 is 15.5 Å². The molecule has 1 N–H and O–H groups in total. The Bertz CT molecular complexity index is 747. The number of benzene rings is 1. The predicted octanol–water partition coefficient (Wildman–Crippen LogP) is 2.54. The fraction of sp³-hybridized carbons (Fsp3) is 0.650. The maximum atomic E-state index is 13.1. The van der Waals surface area contributed by atoms with E-state index in [-0.39, 0.29) is 25.0 Å². The van der Waals surface area contributed by atoms with Crippen LogP contribution in [0.4, 0.5) is 8.78 Å². The summed E-state index contributed by atoms with van der Waals surface area (Å²) in [6.07, 6.45) is -0.703. The van der Waals surface area contributed by atoms with Gasteiger partial charge in [-0.25, -0.2) is 8.78 Å². The topological polar surface area (TPSA) is 66.0 Å². The van der Waals surface area contributed by atoms with Gasteiger partial charge in [0, 0.05) is 26.0 Å². The summed E-state index contributed by atoms with van der Waals surface area (Å²) < 4.78 is 49.0. The maximum Gasteiger partial charge on any atom is 0.494 e. The van der Waals surface area contributed by atoms with Gasteiger partial charge in [0.1, 0.15) is 12.4 Å². The average molecular weight is 411 g/mol. The van der Waals surface area contributed by atoms with Gasteiger partial charge in [-0.05, 0) is 45.3 Å². The zero-order valence-electron chi connectivity index (χ0n) is 17.5. The molecule has 1 aliphatic heterocycles. The van der Waals surface area contributed by atoms with Gasteiger partial charge in [0.05, 0.1) is 23.4 Å². The fourth-order valence-corrected chi connectivity index (χ4v) is 3.24. The third-order valence-electron chi connectivity index (χ3n) is 5.74. The molecule has 0 unspecified atom stereocenters. The number of alkyl halides is 2. The van der Waals surface area contributed by atoms with Crippen molar-refractivity contribution in [2.24, 2.45) is 0 Å². The second-order valence-electron chi connectivity index (χ2n) is 8.62. The van der Waals surface area contributed by atoms with E-state index in [4.69, 9.17) is 18.8 Å². The molecule has 2 fully saturated rings. The highest BCUT2D eigenvalue weighted by Crippen LogP contribution is 2.38. The number of carbonyl (C=O) groups is 1. The number of nitrogens with one attached hydrogen (secondary N) is 1. The van der Waals surface area contributed by atoms with Gasteiger partial charge in [-0.2, -0.15) is 0 Å². The number of methoxy groups -OCH3 is 1. The summed E-state index contributed by atoms with van der Waals surface area (Å²) in [5, 5.41) is 2.66. The minimum atomic E-state index is -2.71. The Labute approximate surface area is 170 Å². The van der Waals surface area contributed by atoms with Crippen LogP contribution in [0.1, 0.15) is 50.9 Å². The summed E-state index contributed by atoms with van der Waals surface area (Å²) in [7, 11) is 0.905. The first-order chi connectivity index (χ1) is 13.4. The Morgan fingerprint density at radius 3 is 2.34 bits per heavy atom. The largest absolute Gasteiger partial charge is 0.494 e. The summed E-state index contributed by atoms with van der Waals surface area (Å²) in [5.74, 6) is -2.82. The lowest BCUT2D eigenvalue weighted by molar-refractivity contribution is -0.0901. The molecule has 0 spiro atoms. The lowest BCUT2D eigenvalue weighted by atomic mass is 9.78. The molecule has 9 heteroatoms. The summed E-state index contributed by atoms with van der Waals surface area (Å²) in [6.45, 7) is 8.39. The molecule has 1 aromatic rings. The van der Waals surface area contributed by atoms with Gasteiger partial charge in [-0.15, -0.1) is 0 Å². The normalized spacial score (nSPS) is 22.2. The first kappa shape index (κ1) is 22.0. The Kier molecular flexibility index (Phi) is 5.95.